The number of piperazine rings is 1. The molecule has 0 bridgehead atoms. The molecular formula is C19H24N4O2S. The molecule has 7 heteroatoms. The van der Waals surface area contributed by atoms with Gasteiger partial charge in [0.2, 0.25) is 11.8 Å². The molecule has 26 heavy (non-hydrogen) atoms. The molecule has 2 aromatic rings. The number of nitrogens with zero attached hydrogens (tertiary/aromatic N) is 2. The quantitative estimate of drug-likeness (QED) is 0.816. The normalized spacial score (nSPS) is 18.0. The zero-order valence-corrected chi connectivity index (χ0v) is 15.9. The summed E-state index contributed by atoms with van der Waals surface area (Å²) in [6.07, 6.45) is 2.72. The lowest BCUT2D eigenvalue weighted by Crippen LogP contribution is -2.58. The van der Waals surface area contributed by atoms with Crippen molar-refractivity contribution in [3.63, 3.8) is 0 Å². The van der Waals surface area contributed by atoms with Crippen LogP contribution in [0.4, 0.5) is 5.13 Å². The van der Waals surface area contributed by atoms with Gasteiger partial charge >= 0.3 is 0 Å². The van der Waals surface area contributed by atoms with Crippen molar-refractivity contribution < 1.29 is 9.59 Å². The number of anilines is 1. The maximum Gasteiger partial charge on any atom is 0.237 e. The van der Waals surface area contributed by atoms with E-state index in [0.717, 1.165) is 17.8 Å². The van der Waals surface area contributed by atoms with E-state index < -0.39 is 6.04 Å². The molecular weight excluding hydrogens is 348 g/mol. The van der Waals surface area contributed by atoms with Gasteiger partial charge in [-0.15, -0.1) is 11.3 Å². The van der Waals surface area contributed by atoms with Crippen molar-refractivity contribution in [3.05, 3.63) is 47.0 Å². The van der Waals surface area contributed by atoms with Gasteiger partial charge in [0.1, 0.15) is 0 Å². The summed E-state index contributed by atoms with van der Waals surface area (Å²) in [4.78, 5) is 32.0. The maximum absolute atomic E-state index is 12.4. The first-order chi connectivity index (χ1) is 12.5. The van der Waals surface area contributed by atoms with Crippen molar-refractivity contribution in [2.24, 2.45) is 0 Å². The van der Waals surface area contributed by atoms with Crippen molar-refractivity contribution in [1.82, 2.24) is 15.2 Å². The van der Waals surface area contributed by atoms with Crippen LogP contribution >= 0.6 is 11.3 Å². The predicted molar refractivity (Wildman–Crippen MR) is 103 cm³/mol. The van der Waals surface area contributed by atoms with Crippen molar-refractivity contribution >= 4 is 28.3 Å². The van der Waals surface area contributed by atoms with Crippen LogP contribution in [0.3, 0.4) is 0 Å². The molecule has 1 saturated heterocycles. The number of hydrogen-bond donors (Lipinski definition) is 2. The van der Waals surface area contributed by atoms with Crippen LogP contribution in [-0.2, 0) is 16.0 Å². The predicted octanol–water partition coefficient (Wildman–Crippen LogP) is 2.27. The summed E-state index contributed by atoms with van der Waals surface area (Å²) in [7, 11) is 0. The number of nitrogens with one attached hydrogen (secondary N) is 2. The highest BCUT2D eigenvalue weighted by Crippen LogP contribution is 2.22. The fourth-order valence-corrected chi connectivity index (χ4v) is 4.01. The molecule has 1 unspecified atom stereocenters. The third-order valence-electron chi connectivity index (χ3n) is 4.44. The molecule has 2 N–H and O–H groups in total. The molecule has 138 valence electrons. The first-order valence-electron chi connectivity index (χ1n) is 8.85. The topological polar surface area (TPSA) is 74.3 Å². The number of carbonyl (C=O) groups excluding carboxylic acids is 2. The molecule has 1 aliphatic rings. The number of rotatable bonds is 6. The van der Waals surface area contributed by atoms with Crippen LogP contribution in [0.2, 0.25) is 0 Å². The number of amides is 2. The first kappa shape index (κ1) is 18.5. The van der Waals surface area contributed by atoms with Crippen molar-refractivity contribution in [1.29, 1.82) is 0 Å². The van der Waals surface area contributed by atoms with Crippen LogP contribution in [0.15, 0.2) is 36.5 Å². The van der Waals surface area contributed by atoms with Crippen LogP contribution in [0.25, 0.3) is 0 Å². The fraction of sp³-hybridized carbons (Fsp3) is 0.421. The highest BCUT2D eigenvalue weighted by atomic mass is 32.1. The van der Waals surface area contributed by atoms with E-state index in [1.165, 1.54) is 16.9 Å². The molecule has 2 heterocycles. The van der Waals surface area contributed by atoms with E-state index in [1.54, 1.807) is 6.20 Å². The fourth-order valence-electron chi connectivity index (χ4n) is 3.15. The number of aromatic nitrogens is 1. The van der Waals surface area contributed by atoms with E-state index in [9.17, 15) is 9.59 Å². The van der Waals surface area contributed by atoms with Crippen molar-refractivity contribution in [2.45, 2.75) is 38.8 Å². The zero-order valence-electron chi connectivity index (χ0n) is 15.1. The summed E-state index contributed by atoms with van der Waals surface area (Å²) in [6, 6.07) is 9.94. The largest absolute Gasteiger partial charge is 0.353 e. The lowest BCUT2D eigenvalue weighted by molar-refractivity contribution is -0.133. The Hall–Kier alpha value is -2.25. The van der Waals surface area contributed by atoms with Gasteiger partial charge in [-0.1, -0.05) is 30.3 Å². The minimum Gasteiger partial charge on any atom is -0.353 e. The van der Waals surface area contributed by atoms with Gasteiger partial charge in [-0.2, -0.15) is 0 Å². The molecule has 1 aromatic heterocycles. The van der Waals surface area contributed by atoms with E-state index in [1.807, 2.05) is 32.0 Å². The van der Waals surface area contributed by atoms with Crippen LogP contribution < -0.4 is 10.6 Å². The Morgan fingerprint density at radius 1 is 1.38 bits per heavy atom. The average Bonchev–Trinajstić information content (AvgIpc) is 3.04. The van der Waals surface area contributed by atoms with Crippen LogP contribution in [0.5, 0.6) is 0 Å². The summed E-state index contributed by atoms with van der Waals surface area (Å²) in [5.41, 5.74) is 1.21. The summed E-state index contributed by atoms with van der Waals surface area (Å²) in [6.45, 7) is 5.48. The van der Waals surface area contributed by atoms with E-state index in [2.05, 4.69) is 32.7 Å². The van der Waals surface area contributed by atoms with Gasteiger partial charge in [-0.3, -0.25) is 14.5 Å². The van der Waals surface area contributed by atoms with Gasteiger partial charge in [0, 0.05) is 36.6 Å². The summed E-state index contributed by atoms with van der Waals surface area (Å²) < 4.78 is 0. The van der Waals surface area contributed by atoms with E-state index >= 15 is 0 Å². The molecule has 6 nitrogen and oxygen atoms in total. The Morgan fingerprint density at radius 3 is 2.88 bits per heavy atom. The van der Waals surface area contributed by atoms with E-state index in [4.69, 9.17) is 0 Å². The monoisotopic (exact) mass is 372 g/mol. The van der Waals surface area contributed by atoms with Crippen molar-refractivity contribution in [3.8, 4) is 0 Å². The number of benzene rings is 1. The Balaban J connectivity index is 1.58. The summed E-state index contributed by atoms with van der Waals surface area (Å²) in [5.74, 6) is -0.262. The second kappa shape index (κ2) is 8.42. The van der Waals surface area contributed by atoms with Gasteiger partial charge in [0.05, 0.1) is 12.5 Å². The summed E-state index contributed by atoms with van der Waals surface area (Å²) >= 11 is 1.47. The van der Waals surface area contributed by atoms with Crippen LogP contribution in [-0.4, -0.2) is 46.9 Å². The molecule has 1 atom stereocenters. The number of thiazole rings is 1. The second-order valence-corrected chi connectivity index (χ2v) is 7.80. The maximum atomic E-state index is 12.4. The molecule has 0 radical (unpaired) electrons. The Kier molecular flexibility index (Phi) is 6.00. The average molecular weight is 372 g/mol. The van der Waals surface area contributed by atoms with E-state index in [0.29, 0.717) is 11.7 Å². The summed E-state index contributed by atoms with van der Waals surface area (Å²) in [5, 5.41) is 6.26. The SMILES string of the molecule is CC(C)N1CCNC(=O)C1CC(=O)Nc1ncc(Cc2ccccc2)s1. The Labute approximate surface area is 157 Å². The Bertz CT molecular complexity index is 760. The molecule has 1 aromatic carbocycles. The number of hydrogen-bond acceptors (Lipinski definition) is 5. The molecule has 0 saturated carbocycles. The van der Waals surface area contributed by atoms with Crippen LogP contribution in [0.1, 0.15) is 30.7 Å². The van der Waals surface area contributed by atoms with Gasteiger partial charge in [0.25, 0.3) is 0 Å². The third-order valence-corrected chi connectivity index (χ3v) is 5.35. The van der Waals surface area contributed by atoms with Gasteiger partial charge in [-0.25, -0.2) is 4.98 Å². The smallest absolute Gasteiger partial charge is 0.237 e. The molecule has 1 fully saturated rings. The highest BCUT2D eigenvalue weighted by molar-refractivity contribution is 7.15. The van der Waals surface area contributed by atoms with Gasteiger partial charge < -0.3 is 10.6 Å². The first-order valence-corrected chi connectivity index (χ1v) is 9.66. The second-order valence-electron chi connectivity index (χ2n) is 6.68. The molecule has 0 aliphatic carbocycles. The van der Waals surface area contributed by atoms with Crippen LogP contribution in [0, 0.1) is 0 Å². The minimum absolute atomic E-state index is 0.0796. The number of carbonyl (C=O) groups is 2. The molecule has 0 spiro atoms. The van der Waals surface area contributed by atoms with Gasteiger partial charge in [0.15, 0.2) is 5.13 Å². The highest BCUT2D eigenvalue weighted by Gasteiger charge is 2.33. The molecule has 1 aliphatic heterocycles. The lowest BCUT2D eigenvalue weighted by Gasteiger charge is -2.37. The zero-order chi connectivity index (χ0) is 18.5. The Morgan fingerprint density at radius 2 is 2.15 bits per heavy atom. The lowest BCUT2D eigenvalue weighted by atomic mass is 10.1. The van der Waals surface area contributed by atoms with E-state index in [-0.39, 0.29) is 24.3 Å². The van der Waals surface area contributed by atoms with Crippen molar-refractivity contribution in [2.75, 3.05) is 18.4 Å². The van der Waals surface area contributed by atoms with Gasteiger partial charge in [-0.05, 0) is 19.4 Å². The molecule has 3 rings (SSSR count). The standard InChI is InChI=1S/C19H24N4O2S/c1-13(2)23-9-8-20-18(25)16(23)11-17(24)22-19-21-12-15(26-19)10-14-6-4-3-5-7-14/h3-7,12-13,16H,8-11H2,1-2H3,(H,20,25)(H,21,22,24). The minimum atomic E-state index is -0.424. The third kappa shape index (κ3) is 4.68. The molecule has 2 amide bonds.